The predicted octanol–water partition coefficient (Wildman–Crippen LogP) is 4.61. The van der Waals surface area contributed by atoms with Crippen LogP contribution in [0.25, 0.3) is 0 Å². The van der Waals surface area contributed by atoms with Crippen molar-refractivity contribution in [2.75, 3.05) is 6.61 Å². The van der Waals surface area contributed by atoms with E-state index in [0.29, 0.717) is 0 Å². The number of allylic oxidation sites excluding steroid dienone is 1. The van der Waals surface area contributed by atoms with Gasteiger partial charge in [-0.2, -0.15) is 0 Å². The molecule has 0 aliphatic carbocycles. The summed E-state index contributed by atoms with van der Waals surface area (Å²) in [5.41, 5.74) is 0. The van der Waals surface area contributed by atoms with Crippen LogP contribution < -0.4 is 0 Å². The molecule has 2 atom stereocenters. The standard InChI is InChI=1S/C17H32O2/c1-2-3-4-5-6-7-8-9-10-11-12-13-14-16-17(15-18)19-16/h13-14,16-18H,2-12,15H2,1H3. The summed E-state index contributed by atoms with van der Waals surface area (Å²) < 4.78 is 5.23. The van der Waals surface area contributed by atoms with E-state index in [1.54, 1.807) is 0 Å². The minimum absolute atomic E-state index is 0.0870. The molecule has 0 spiro atoms. The minimum atomic E-state index is 0.0870. The van der Waals surface area contributed by atoms with Crippen LogP contribution in [0.4, 0.5) is 0 Å². The van der Waals surface area contributed by atoms with Gasteiger partial charge in [0.1, 0.15) is 12.2 Å². The van der Waals surface area contributed by atoms with Gasteiger partial charge in [-0.25, -0.2) is 0 Å². The molecule has 1 fully saturated rings. The van der Waals surface area contributed by atoms with Gasteiger partial charge in [0.05, 0.1) is 6.61 Å². The highest BCUT2D eigenvalue weighted by Crippen LogP contribution is 2.22. The third-order valence-electron chi connectivity index (χ3n) is 3.85. The molecule has 0 bridgehead atoms. The van der Waals surface area contributed by atoms with E-state index >= 15 is 0 Å². The maximum Gasteiger partial charge on any atom is 0.111 e. The highest BCUT2D eigenvalue weighted by Gasteiger charge is 2.35. The third-order valence-corrected chi connectivity index (χ3v) is 3.85. The van der Waals surface area contributed by atoms with Crippen molar-refractivity contribution in [2.45, 2.75) is 89.8 Å². The Bertz CT molecular complexity index is 225. The molecule has 1 rings (SSSR count). The molecular weight excluding hydrogens is 236 g/mol. The molecule has 2 unspecified atom stereocenters. The maximum absolute atomic E-state index is 8.81. The summed E-state index contributed by atoms with van der Waals surface area (Å²) in [6, 6.07) is 0. The van der Waals surface area contributed by atoms with E-state index in [9.17, 15) is 0 Å². The first-order valence-corrected chi connectivity index (χ1v) is 8.31. The molecule has 19 heavy (non-hydrogen) atoms. The molecule has 0 aromatic carbocycles. The molecule has 1 N–H and O–H groups in total. The maximum atomic E-state index is 8.81. The van der Waals surface area contributed by atoms with Crippen molar-refractivity contribution < 1.29 is 9.84 Å². The van der Waals surface area contributed by atoms with Gasteiger partial charge in [-0.05, 0) is 12.8 Å². The van der Waals surface area contributed by atoms with Gasteiger partial charge in [0.25, 0.3) is 0 Å². The first kappa shape index (κ1) is 16.7. The minimum Gasteiger partial charge on any atom is -0.394 e. The zero-order chi connectivity index (χ0) is 13.8. The molecule has 1 saturated heterocycles. The van der Waals surface area contributed by atoms with Crippen molar-refractivity contribution in [2.24, 2.45) is 0 Å². The van der Waals surface area contributed by atoms with E-state index in [4.69, 9.17) is 9.84 Å². The van der Waals surface area contributed by atoms with Crippen LogP contribution >= 0.6 is 0 Å². The molecule has 0 saturated carbocycles. The molecular formula is C17H32O2. The van der Waals surface area contributed by atoms with Crippen LogP contribution in [-0.4, -0.2) is 23.9 Å². The van der Waals surface area contributed by atoms with Crippen LogP contribution in [0.1, 0.15) is 77.6 Å². The fourth-order valence-corrected chi connectivity index (χ4v) is 2.45. The number of aliphatic hydroxyl groups excluding tert-OH is 1. The van der Waals surface area contributed by atoms with Crippen molar-refractivity contribution in [1.29, 1.82) is 0 Å². The Kier molecular flexibility index (Phi) is 10.1. The van der Waals surface area contributed by atoms with Gasteiger partial charge in [-0.3, -0.25) is 0 Å². The van der Waals surface area contributed by atoms with Gasteiger partial charge in [-0.1, -0.05) is 76.9 Å². The molecule has 112 valence electrons. The van der Waals surface area contributed by atoms with E-state index in [1.165, 1.54) is 64.2 Å². The van der Waals surface area contributed by atoms with E-state index in [1.807, 2.05) is 0 Å². The van der Waals surface area contributed by atoms with E-state index < -0.39 is 0 Å². The Morgan fingerprint density at radius 3 is 2.00 bits per heavy atom. The van der Waals surface area contributed by atoms with Crippen molar-refractivity contribution in [3.05, 3.63) is 12.2 Å². The molecule has 1 heterocycles. The number of unbranched alkanes of at least 4 members (excludes halogenated alkanes) is 10. The van der Waals surface area contributed by atoms with E-state index in [0.717, 1.165) is 6.42 Å². The molecule has 0 aromatic heterocycles. The Morgan fingerprint density at radius 2 is 1.47 bits per heavy atom. The number of hydrogen-bond acceptors (Lipinski definition) is 2. The van der Waals surface area contributed by atoms with Gasteiger partial charge in [-0.15, -0.1) is 0 Å². The fourth-order valence-electron chi connectivity index (χ4n) is 2.45. The summed E-state index contributed by atoms with van der Waals surface area (Å²) in [5.74, 6) is 0. The summed E-state index contributed by atoms with van der Waals surface area (Å²) in [5, 5.41) is 8.81. The highest BCUT2D eigenvalue weighted by atomic mass is 16.6. The quantitative estimate of drug-likeness (QED) is 0.300. The Hall–Kier alpha value is -0.340. The molecule has 2 heteroatoms. The van der Waals surface area contributed by atoms with Crippen molar-refractivity contribution in [3.63, 3.8) is 0 Å². The van der Waals surface area contributed by atoms with Gasteiger partial charge >= 0.3 is 0 Å². The SMILES string of the molecule is CCCCCCCCCCCCC=CC1OC1CO. The Balaban J connectivity index is 1.72. The lowest BCUT2D eigenvalue weighted by Crippen LogP contribution is -1.95. The lowest BCUT2D eigenvalue weighted by atomic mass is 10.1. The largest absolute Gasteiger partial charge is 0.394 e. The molecule has 2 nitrogen and oxygen atoms in total. The molecule has 1 aliphatic rings. The lowest BCUT2D eigenvalue weighted by Gasteiger charge is -2.01. The first-order chi connectivity index (χ1) is 9.38. The fraction of sp³-hybridized carbons (Fsp3) is 0.882. The molecule has 1 aliphatic heterocycles. The highest BCUT2D eigenvalue weighted by molar-refractivity contribution is 5.02. The molecule has 0 radical (unpaired) electrons. The first-order valence-electron chi connectivity index (χ1n) is 8.31. The zero-order valence-corrected chi connectivity index (χ0v) is 12.7. The van der Waals surface area contributed by atoms with Crippen LogP contribution in [0.5, 0.6) is 0 Å². The second-order valence-corrected chi connectivity index (χ2v) is 5.72. The normalized spacial score (nSPS) is 22.2. The second kappa shape index (κ2) is 11.5. The average molecular weight is 268 g/mol. The van der Waals surface area contributed by atoms with Crippen LogP contribution in [-0.2, 0) is 4.74 Å². The summed E-state index contributed by atoms with van der Waals surface area (Å²) in [7, 11) is 0. The number of rotatable bonds is 13. The number of epoxide rings is 1. The van der Waals surface area contributed by atoms with Gasteiger partial charge in [0.2, 0.25) is 0 Å². The van der Waals surface area contributed by atoms with Crippen LogP contribution in [0, 0.1) is 0 Å². The summed E-state index contributed by atoms with van der Waals surface area (Å²) in [6.07, 6.45) is 19.7. The van der Waals surface area contributed by atoms with Gasteiger partial charge in [0, 0.05) is 0 Å². The van der Waals surface area contributed by atoms with Crippen molar-refractivity contribution >= 4 is 0 Å². The van der Waals surface area contributed by atoms with Gasteiger partial charge < -0.3 is 9.84 Å². The second-order valence-electron chi connectivity index (χ2n) is 5.72. The summed E-state index contributed by atoms with van der Waals surface area (Å²) in [4.78, 5) is 0. The predicted molar refractivity (Wildman–Crippen MR) is 81.3 cm³/mol. The van der Waals surface area contributed by atoms with Crippen LogP contribution in [0.15, 0.2) is 12.2 Å². The van der Waals surface area contributed by atoms with Crippen LogP contribution in [0.3, 0.4) is 0 Å². The number of hydrogen-bond donors (Lipinski definition) is 1. The van der Waals surface area contributed by atoms with E-state index in [-0.39, 0.29) is 18.8 Å². The van der Waals surface area contributed by atoms with Crippen molar-refractivity contribution in [3.8, 4) is 0 Å². The van der Waals surface area contributed by atoms with E-state index in [2.05, 4.69) is 19.1 Å². The van der Waals surface area contributed by atoms with Crippen LogP contribution in [0.2, 0.25) is 0 Å². The van der Waals surface area contributed by atoms with Gasteiger partial charge in [0.15, 0.2) is 0 Å². The number of aliphatic hydroxyl groups is 1. The zero-order valence-electron chi connectivity index (χ0n) is 12.7. The van der Waals surface area contributed by atoms with Crippen molar-refractivity contribution in [1.82, 2.24) is 0 Å². The Morgan fingerprint density at radius 1 is 0.895 bits per heavy atom. The Labute approximate surface area is 119 Å². The summed E-state index contributed by atoms with van der Waals surface area (Å²) >= 11 is 0. The monoisotopic (exact) mass is 268 g/mol. The summed E-state index contributed by atoms with van der Waals surface area (Å²) in [6.45, 7) is 2.43. The topological polar surface area (TPSA) is 32.8 Å². The molecule has 0 aromatic rings. The average Bonchev–Trinajstić information content (AvgIpc) is 3.19. The molecule has 0 amide bonds. The number of ether oxygens (including phenoxy) is 1. The smallest absolute Gasteiger partial charge is 0.111 e. The lowest BCUT2D eigenvalue weighted by molar-refractivity contribution is 0.243. The third kappa shape index (κ3) is 9.23.